The maximum absolute atomic E-state index is 12.9. The van der Waals surface area contributed by atoms with Gasteiger partial charge in [0.25, 0.3) is 5.91 Å². The van der Waals surface area contributed by atoms with Crippen molar-refractivity contribution in [2.45, 2.75) is 58.3 Å². The van der Waals surface area contributed by atoms with Crippen LogP contribution in [0.1, 0.15) is 65.0 Å². The first-order valence-corrected chi connectivity index (χ1v) is 12.4. The van der Waals surface area contributed by atoms with Crippen molar-refractivity contribution < 1.29 is 39.0 Å². The summed E-state index contributed by atoms with van der Waals surface area (Å²) in [6.07, 6.45) is 2.04. The average Bonchev–Trinajstić information content (AvgIpc) is 2.87. The molecule has 198 valence electrons. The molecule has 2 aromatic carbocycles. The molecule has 9 nitrogen and oxygen atoms in total. The second-order valence-corrected chi connectivity index (χ2v) is 9.21. The van der Waals surface area contributed by atoms with Gasteiger partial charge in [0, 0.05) is 28.7 Å². The summed E-state index contributed by atoms with van der Waals surface area (Å²) in [4.78, 5) is 36.7. The minimum Gasteiger partial charge on any atom is -0.550 e. The topological polar surface area (TPSA) is 132 Å². The number of aromatic carboxylic acids is 1. The Morgan fingerprint density at radius 3 is 2.57 bits per heavy atom. The van der Waals surface area contributed by atoms with E-state index in [-0.39, 0.29) is 48.5 Å². The summed E-state index contributed by atoms with van der Waals surface area (Å²) in [6.45, 7) is 9.10. The number of aliphatic carboxylic acids is 1. The number of amides is 1. The fraction of sp³-hybridized carbons (Fsp3) is 0.393. The smallest absolute Gasteiger partial charge is 0.251 e. The fourth-order valence-corrected chi connectivity index (χ4v) is 4.27. The Balaban J connectivity index is 1.84. The predicted octanol–water partition coefficient (Wildman–Crippen LogP) is 0.0194. The number of hydrogen-bond donors (Lipinski definition) is 2. The lowest BCUT2D eigenvalue weighted by molar-refractivity contribution is -0.921. The van der Waals surface area contributed by atoms with E-state index in [2.05, 4.69) is 11.9 Å². The molecule has 0 aromatic heterocycles. The number of carbonyl (C=O) groups excluding carboxylic acids is 3. The molecule has 1 heterocycles. The summed E-state index contributed by atoms with van der Waals surface area (Å²) in [6, 6.07) is 10.7. The number of ether oxygens (including phenoxy) is 2. The molecule has 2 aromatic rings. The van der Waals surface area contributed by atoms with Crippen LogP contribution in [-0.4, -0.2) is 43.1 Å². The van der Waals surface area contributed by atoms with Crippen molar-refractivity contribution in [1.29, 1.82) is 0 Å². The van der Waals surface area contributed by atoms with Gasteiger partial charge in [-0.3, -0.25) is 4.79 Å². The standard InChI is InChI=1S/C28H34N2O7/c1-4-14-30(15-19-8-6-7-9-22(19)27(33)29-18(3)5-2)16-20-10-12-23-26(25(20)28(34)35)36-17-21(37-23)11-13-24(31)32/h4,6-10,12,18,21H,1,5,11,13-17H2,2-3H3,(H,29,33)(H,31,32)(H,34,35)/p-1/t18-,21+/m1/s1. The second-order valence-electron chi connectivity index (χ2n) is 9.21. The van der Waals surface area contributed by atoms with Crippen molar-refractivity contribution in [2.75, 3.05) is 13.2 Å². The van der Waals surface area contributed by atoms with Crippen molar-refractivity contribution in [3.05, 3.63) is 71.3 Å². The number of rotatable bonds is 13. The molecule has 0 bridgehead atoms. The average molecular weight is 510 g/mol. The molecule has 0 fully saturated rings. The lowest BCUT2D eigenvalue weighted by atomic mass is 10.0. The van der Waals surface area contributed by atoms with Gasteiger partial charge >= 0.3 is 0 Å². The number of carboxylic acid groups (broad SMARTS) is 2. The number of carbonyl (C=O) groups is 3. The molecule has 37 heavy (non-hydrogen) atoms. The normalized spacial score (nSPS) is 15.9. The highest BCUT2D eigenvalue weighted by molar-refractivity contribution is 5.95. The van der Waals surface area contributed by atoms with Crippen LogP contribution >= 0.6 is 0 Å². The summed E-state index contributed by atoms with van der Waals surface area (Å²) >= 11 is 0. The zero-order valence-electron chi connectivity index (χ0n) is 21.2. The SMILES string of the molecule is C=CC[NH+](Cc1ccccc1C(=O)N[C@H](C)CC)Cc1ccc2c(c1C(=O)[O-])OC[C@H](CCC(=O)[O-])O2. The van der Waals surface area contributed by atoms with Crippen LogP contribution in [-0.2, 0) is 17.9 Å². The van der Waals surface area contributed by atoms with Crippen LogP contribution in [0, 0.1) is 0 Å². The van der Waals surface area contributed by atoms with Crippen molar-refractivity contribution in [1.82, 2.24) is 5.32 Å². The molecule has 2 N–H and O–H groups in total. The monoisotopic (exact) mass is 509 g/mol. The Labute approximate surface area is 216 Å². The predicted molar refractivity (Wildman–Crippen MR) is 132 cm³/mol. The highest BCUT2D eigenvalue weighted by atomic mass is 16.6. The van der Waals surface area contributed by atoms with Gasteiger partial charge in [-0.1, -0.05) is 31.7 Å². The number of fused-ring (bicyclic) bond motifs is 1. The van der Waals surface area contributed by atoms with E-state index in [9.17, 15) is 24.6 Å². The molecule has 1 aliphatic rings. The largest absolute Gasteiger partial charge is 0.550 e. The van der Waals surface area contributed by atoms with Crippen LogP contribution in [0.5, 0.6) is 11.5 Å². The quantitative estimate of drug-likeness (QED) is 0.364. The summed E-state index contributed by atoms with van der Waals surface area (Å²) in [5.41, 5.74) is 1.81. The van der Waals surface area contributed by atoms with E-state index in [0.29, 0.717) is 30.8 Å². The maximum Gasteiger partial charge on any atom is 0.251 e. The Morgan fingerprint density at radius 2 is 1.89 bits per heavy atom. The highest BCUT2D eigenvalue weighted by Gasteiger charge is 2.27. The first-order chi connectivity index (χ1) is 17.7. The van der Waals surface area contributed by atoms with Gasteiger partial charge in [-0.05, 0) is 50.5 Å². The molecule has 3 rings (SSSR count). The summed E-state index contributed by atoms with van der Waals surface area (Å²) in [7, 11) is 0. The van der Waals surface area contributed by atoms with Crippen molar-refractivity contribution in [3.63, 3.8) is 0 Å². The Morgan fingerprint density at radius 1 is 1.16 bits per heavy atom. The molecule has 0 saturated heterocycles. The number of quaternary nitrogens is 1. The van der Waals surface area contributed by atoms with E-state index in [1.54, 1.807) is 24.3 Å². The highest BCUT2D eigenvalue weighted by Crippen LogP contribution is 2.37. The molecule has 3 atom stereocenters. The van der Waals surface area contributed by atoms with Gasteiger partial charge in [-0.25, -0.2) is 0 Å². The molecule has 1 aliphatic heterocycles. The number of benzene rings is 2. The van der Waals surface area contributed by atoms with Crippen LogP contribution in [0.4, 0.5) is 0 Å². The number of nitrogens with one attached hydrogen (secondary N) is 2. The van der Waals surface area contributed by atoms with Gasteiger partial charge in [0.2, 0.25) is 0 Å². The second kappa shape index (κ2) is 12.9. The van der Waals surface area contributed by atoms with Gasteiger partial charge in [0.05, 0.1) is 18.1 Å². The van der Waals surface area contributed by atoms with Crippen LogP contribution < -0.4 is 29.9 Å². The van der Waals surface area contributed by atoms with Gasteiger partial charge in [0.15, 0.2) is 11.5 Å². The molecule has 9 heteroatoms. The molecule has 1 unspecified atom stereocenters. The molecule has 0 saturated carbocycles. The number of carboxylic acids is 2. The lowest BCUT2D eigenvalue weighted by Crippen LogP contribution is -3.09. The fourth-order valence-electron chi connectivity index (χ4n) is 4.27. The van der Waals surface area contributed by atoms with E-state index >= 15 is 0 Å². The first kappa shape index (κ1) is 27.7. The molecule has 1 amide bonds. The first-order valence-electron chi connectivity index (χ1n) is 12.4. The number of hydrogen-bond acceptors (Lipinski definition) is 7. The van der Waals surface area contributed by atoms with Gasteiger partial charge in [0.1, 0.15) is 25.8 Å². The molecule has 0 radical (unpaired) electrons. The maximum atomic E-state index is 12.9. The van der Waals surface area contributed by atoms with Gasteiger partial charge in [-0.2, -0.15) is 0 Å². The molecule has 0 aliphatic carbocycles. The van der Waals surface area contributed by atoms with Crippen LogP contribution in [0.2, 0.25) is 0 Å². The van der Waals surface area contributed by atoms with Crippen molar-refractivity contribution >= 4 is 17.8 Å². The molecular weight excluding hydrogens is 476 g/mol. The zero-order chi connectivity index (χ0) is 26.9. The minimum absolute atomic E-state index is 0.0198. The Kier molecular flexibility index (Phi) is 9.68. The van der Waals surface area contributed by atoms with Crippen molar-refractivity contribution in [3.8, 4) is 11.5 Å². The zero-order valence-corrected chi connectivity index (χ0v) is 21.2. The van der Waals surface area contributed by atoms with Crippen LogP contribution in [0.15, 0.2) is 49.1 Å². The van der Waals surface area contributed by atoms with E-state index in [4.69, 9.17) is 9.47 Å². The third-order valence-corrected chi connectivity index (χ3v) is 6.36. The molecular formula is C28H33N2O7-. The van der Waals surface area contributed by atoms with E-state index in [1.807, 2.05) is 32.0 Å². The third kappa shape index (κ3) is 7.33. The summed E-state index contributed by atoms with van der Waals surface area (Å²) in [5, 5.41) is 25.9. The van der Waals surface area contributed by atoms with E-state index in [1.165, 1.54) is 0 Å². The van der Waals surface area contributed by atoms with Gasteiger partial charge < -0.3 is 39.5 Å². The summed E-state index contributed by atoms with van der Waals surface area (Å²) in [5.74, 6) is -2.42. The molecule has 0 spiro atoms. The minimum atomic E-state index is -1.39. The van der Waals surface area contributed by atoms with Gasteiger partial charge in [-0.15, -0.1) is 0 Å². The Hall–Kier alpha value is -3.85. The van der Waals surface area contributed by atoms with Crippen LogP contribution in [0.3, 0.4) is 0 Å². The Bertz CT molecular complexity index is 1150. The lowest BCUT2D eigenvalue weighted by Gasteiger charge is -2.30. The summed E-state index contributed by atoms with van der Waals surface area (Å²) < 4.78 is 11.5. The van der Waals surface area contributed by atoms with E-state index in [0.717, 1.165) is 16.9 Å². The van der Waals surface area contributed by atoms with Crippen molar-refractivity contribution in [2.24, 2.45) is 0 Å². The van der Waals surface area contributed by atoms with E-state index < -0.39 is 18.0 Å². The van der Waals surface area contributed by atoms with Crippen LogP contribution in [0.25, 0.3) is 0 Å². The third-order valence-electron chi connectivity index (χ3n) is 6.36.